The summed E-state index contributed by atoms with van der Waals surface area (Å²) >= 11 is 0. The minimum absolute atomic E-state index is 0.235. The molecule has 2 heterocycles. The van der Waals surface area contributed by atoms with Crippen LogP contribution in [0.25, 0.3) is 16.8 Å². The average Bonchev–Trinajstić information content (AvgIpc) is 3.35. The molecule has 0 saturated carbocycles. The third-order valence-corrected chi connectivity index (χ3v) is 5.08. The summed E-state index contributed by atoms with van der Waals surface area (Å²) in [4.78, 5) is 24.4. The van der Waals surface area contributed by atoms with Crippen LogP contribution < -0.4 is 10.6 Å². The molecular formula is C25H23FN4O3. The minimum Gasteiger partial charge on any atom is -0.465 e. The van der Waals surface area contributed by atoms with E-state index in [2.05, 4.69) is 15.7 Å². The van der Waals surface area contributed by atoms with Crippen LogP contribution in [-0.4, -0.2) is 21.6 Å². The zero-order chi connectivity index (χ0) is 23.5. The molecule has 0 unspecified atom stereocenters. The van der Waals surface area contributed by atoms with Gasteiger partial charge in [0.2, 0.25) is 5.91 Å². The van der Waals surface area contributed by atoms with Gasteiger partial charge < -0.3 is 15.1 Å². The van der Waals surface area contributed by atoms with E-state index in [0.717, 1.165) is 11.3 Å². The maximum absolute atomic E-state index is 13.4. The smallest absolute Gasteiger partial charge is 0.251 e. The van der Waals surface area contributed by atoms with E-state index in [9.17, 15) is 14.0 Å². The van der Waals surface area contributed by atoms with E-state index in [0.29, 0.717) is 40.6 Å². The van der Waals surface area contributed by atoms with E-state index >= 15 is 0 Å². The Kier molecular flexibility index (Phi) is 6.08. The molecule has 8 heteroatoms. The Hall–Kier alpha value is -4.20. The lowest BCUT2D eigenvalue weighted by Crippen LogP contribution is -2.22. The van der Waals surface area contributed by atoms with Crippen LogP contribution in [0.3, 0.4) is 0 Å². The van der Waals surface area contributed by atoms with Crippen molar-refractivity contribution in [3.05, 3.63) is 89.3 Å². The number of aromatic nitrogens is 2. The van der Waals surface area contributed by atoms with Crippen molar-refractivity contribution in [3.8, 4) is 16.8 Å². The summed E-state index contributed by atoms with van der Waals surface area (Å²) in [6.45, 7) is 5.37. The van der Waals surface area contributed by atoms with E-state index in [1.807, 2.05) is 26.0 Å². The molecule has 0 atom stereocenters. The molecule has 168 valence electrons. The van der Waals surface area contributed by atoms with Gasteiger partial charge in [-0.3, -0.25) is 9.59 Å². The number of aryl methyl sites for hydroxylation is 2. The second kappa shape index (κ2) is 9.12. The Bertz CT molecular complexity index is 1300. The van der Waals surface area contributed by atoms with Gasteiger partial charge in [0.1, 0.15) is 23.2 Å². The number of nitrogens with zero attached hydrogens (tertiary/aromatic N) is 2. The van der Waals surface area contributed by atoms with Gasteiger partial charge in [-0.05, 0) is 67.9 Å². The number of carbonyl (C=O) groups excluding carboxylic acids is 2. The van der Waals surface area contributed by atoms with Gasteiger partial charge in [-0.2, -0.15) is 5.10 Å². The molecule has 0 fully saturated rings. The SMILES string of the molecule is CC(=O)Nc1c(-c2ccc(F)cc2)c(C)nn1-c1ccc(C(=O)NCc2ccc(C)o2)cc1. The Morgan fingerprint density at radius 3 is 2.30 bits per heavy atom. The standard InChI is InChI=1S/C25H23FN4O3/c1-15-4-13-22(33-15)14-27-25(32)19-7-11-21(12-8-19)30-24(28-17(3)31)23(16(2)29-30)18-5-9-20(26)10-6-18/h4-13H,14H2,1-3H3,(H,27,32)(H,28,31). The molecule has 0 bridgehead atoms. The molecule has 4 aromatic rings. The first-order valence-corrected chi connectivity index (χ1v) is 10.4. The van der Waals surface area contributed by atoms with Gasteiger partial charge >= 0.3 is 0 Å². The van der Waals surface area contributed by atoms with Gasteiger partial charge in [-0.1, -0.05) is 12.1 Å². The van der Waals surface area contributed by atoms with Crippen LogP contribution in [-0.2, 0) is 11.3 Å². The van der Waals surface area contributed by atoms with Gasteiger partial charge in [0.05, 0.1) is 17.9 Å². The first kappa shape index (κ1) is 22.0. The van der Waals surface area contributed by atoms with Crippen LogP contribution in [0.2, 0.25) is 0 Å². The minimum atomic E-state index is -0.346. The predicted molar refractivity (Wildman–Crippen MR) is 123 cm³/mol. The third kappa shape index (κ3) is 4.85. The number of rotatable bonds is 6. The maximum atomic E-state index is 13.4. The quantitative estimate of drug-likeness (QED) is 0.446. The molecule has 33 heavy (non-hydrogen) atoms. The Balaban J connectivity index is 1.61. The molecule has 2 aromatic carbocycles. The van der Waals surface area contributed by atoms with Gasteiger partial charge in [0.15, 0.2) is 0 Å². The number of nitrogens with one attached hydrogen (secondary N) is 2. The van der Waals surface area contributed by atoms with E-state index in [1.165, 1.54) is 19.1 Å². The van der Waals surface area contributed by atoms with Crippen molar-refractivity contribution in [1.29, 1.82) is 0 Å². The highest BCUT2D eigenvalue weighted by molar-refractivity contribution is 5.95. The fraction of sp³-hybridized carbons (Fsp3) is 0.160. The van der Waals surface area contributed by atoms with Crippen LogP contribution in [0.4, 0.5) is 10.2 Å². The van der Waals surface area contributed by atoms with Crippen molar-refractivity contribution in [3.63, 3.8) is 0 Å². The zero-order valence-corrected chi connectivity index (χ0v) is 18.5. The first-order chi connectivity index (χ1) is 15.8. The zero-order valence-electron chi connectivity index (χ0n) is 18.5. The van der Waals surface area contributed by atoms with Crippen molar-refractivity contribution in [2.75, 3.05) is 5.32 Å². The van der Waals surface area contributed by atoms with Gasteiger partial charge in [0.25, 0.3) is 5.91 Å². The van der Waals surface area contributed by atoms with E-state index in [4.69, 9.17) is 4.42 Å². The third-order valence-electron chi connectivity index (χ3n) is 5.08. The number of amides is 2. The van der Waals surface area contributed by atoms with Crippen LogP contribution in [0, 0.1) is 19.7 Å². The second-order valence-corrected chi connectivity index (χ2v) is 7.65. The highest BCUT2D eigenvalue weighted by Crippen LogP contribution is 2.33. The number of benzene rings is 2. The highest BCUT2D eigenvalue weighted by atomic mass is 19.1. The van der Waals surface area contributed by atoms with Crippen molar-refractivity contribution in [2.45, 2.75) is 27.3 Å². The van der Waals surface area contributed by atoms with Crippen molar-refractivity contribution >= 4 is 17.6 Å². The van der Waals surface area contributed by atoms with E-state index in [-0.39, 0.29) is 17.6 Å². The Morgan fingerprint density at radius 2 is 1.70 bits per heavy atom. The average molecular weight is 446 g/mol. The molecule has 2 amide bonds. The van der Waals surface area contributed by atoms with Crippen LogP contribution >= 0.6 is 0 Å². The highest BCUT2D eigenvalue weighted by Gasteiger charge is 2.19. The summed E-state index contributed by atoms with van der Waals surface area (Å²) in [6, 6.07) is 16.5. The van der Waals surface area contributed by atoms with Gasteiger partial charge in [-0.15, -0.1) is 0 Å². The van der Waals surface area contributed by atoms with E-state index in [1.54, 1.807) is 41.1 Å². The fourth-order valence-corrected chi connectivity index (χ4v) is 3.56. The number of hydrogen-bond donors (Lipinski definition) is 2. The van der Waals surface area contributed by atoms with Crippen molar-refractivity contribution in [2.24, 2.45) is 0 Å². The molecule has 0 aliphatic heterocycles. The normalized spacial score (nSPS) is 10.8. The number of halogens is 1. The van der Waals surface area contributed by atoms with Gasteiger partial charge in [-0.25, -0.2) is 9.07 Å². The number of hydrogen-bond acceptors (Lipinski definition) is 4. The molecule has 0 spiro atoms. The topological polar surface area (TPSA) is 89.2 Å². The summed E-state index contributed by atoms with van der Waals surface area (Å²) in [6.07, 6.45) is 0. The van der Waals surface area contributed by atoms with Crippen LogP contribution in [0.1, 0.15) is 34.5 Å². The lowest BCUT2D eigenvalue weighted by molar-refractivity contribution is -0.114. The number of furan rings is 1. The Morgan fingerprint density at radius 1 is 1.00 bits per heavy atom. The summed E-state index contributed by atoms with van der Waals surface area (Å²) in [7, 11) is 0. The lowest BCUT2D eigenvalue weighted by atomic mass is 10.1. The summed E-state index contributed by atoms with van der Waals surface area (Å²) in [5.74, 6) is 1.09. The summed E-state index contributed by atoms with van der Waals surface area (Å²) < 4.78 is 20.5. The van der Waals surface area contributed by atoms with Crippen molar-refractivity contribution < 1.29 is 18.4 Å². The molecule has 0 radical (unpaired) electrons. The van der Waals surface area contributed by atoms with Crippen molar-refractivity contribution in [1.82, 2.24) is 15.1 Å². The summed E-state index contributed by atoms with van der Waals surface area (Å²) in [5, 5.41) is 10.2. The number of carbonyl (C=O) groups is 2. The Labute approximate surface area is 190 Å². The van der Waals surface area contributed by atoms with Crippen LogP contribution in [0.5, 0.6) is 0 Å². The van der Waals surface area contributed by atoms with Crippen LogP contribution in [0.15, 0.2) is 65.1 Å². The second-order valence-electron chi connectivity index (χ2n) is 7.65. The molecule has 0 aliphatic rings. The van der Waals surface area contributed by atoms with E-state index < -0.39 is 0 Å². The lowest BCUT2D eigenvalue weighted by Gasteiger charge is -2.11. The fourth-order valence-electron chi connectivity index (χ4n) is 3.56. The molecular weight excluding hydrogens is 423 g/mol. The largest absolute Gasteiger partial charge is 0.465 e. The molecule has 7 nitrogen and oxygen atoms in total. The molecule has 0 saturated heterocycles. The number of anilines is 1. The molecule has 4 rings (SSSR count). The molecule has 2 N–H and O–H groups in total. The molecule has 2 aromatic heterocycles. The monoisotopic (exact) mass is 446 g/mol. The maximum Gasteiger partial charge on any atom is 0.251 e. The molecule has 0 aliphatic carbocycles. The van der Waals surface area contributed by atoms with Gasteiger partial charge in [0, 0.05) is 18.1 Å². The predicted octanol–water partition coefficient (Wildman–Crippen LogP) is 4.78. The summed E-state index contributed by atoms with van der Waals surface area (Å²) in [5.41, 5.74) is 3.23. The first-order valence-electron chi connectivity index (χ1n) is 10.4.